The van der Waals surface area contributed by atoms with Gasteiger partial charge in [0.1, 0.15) is 5.58 Å². The van der Waals surface area contributed by atoms with Gasteiger partial charge in [-0.25, -0.2) is 4.79 Å². The van der Waals surface area contributed by atoms with Gasteiger partial charge in [-0.15, -0.1) is 0 Å². The minimum atomic E-state index is -0.303. The molecule has 24 heavy (non-hydrogen) atoms. The number of benzene rings is 3. The molecule has 0 aliphatic carbocycles. The second-order valence-electron chi connectivity index (χ2n) is 6.04. The number of halogens is 1. The summed E-state index contributed by atoms with van der Waals surface area (Å²) >= 11 is 6.24. The fourth-order valence-corrected chi connectivity index (χ4v) is 3.27. The normalized spacial score (nSPS) is 11.2. The molecule has 0 fully saturated rings. The Kier molecular flexibility index (Phi) is 3.62. The summed E-state index contributed by atoms with van der Waals surface area (Å²) in [5.41, 5.74) is 3.53. The first-order valence-electron chi connectivity index (χ1n) is 7.81. The van der Waals surface area contributed by atoms with E-state index in [2.05, 4.69) is 0 Å². The molecule has 2 nitrogen and oxygen atoms in total. The molecule has 0 saturated heterocycles. The highest BCUT2D eigenvalue weighted by Crippen LogP contribution is 2.26. The largest absolute Gasteiger partial charge is 0.422 e. The Morgan fingerprint density at radius 1 is 0.917 bits per heavy atom. The predicted molar refractivity (Wildman–Crippen MR) is 99.0 cm³/mol. The second kappa shape index (κ2) is 5.81. The van der Waals surface area contributed by atoms with E-state index in [0.717, 1.165) is 32.5 Å². The molecular formula is C21H15ClO2. The molecule has 0 unspecified atom stereocenters. The summed E-state index contributed by atoms with van der Waals surface area (Å²) in [4.78, 5) is 12.4. The molecule has 4 aromatic rings. The van der Waals surface area contributed by atoms with Crippen LogP contribution in [0.1, 0.15) is 16.7 Å². The van der Waals surface area contributed by atoms with Gasteiger partial charge in [0, 0.05) is 10.4 Å². The number of hydrogen-bond acceptors (Lipinski definition) is 2. The second-order valence-corrected chi connectivity index (χ2v) is 6.44. The van der Waals surface area contributed by atoms with Crippen LogP contribution in [0, 0.1) is 6.92 Å². The van der Waals surface area contributed by atoms with E-state index in [1.165, 1.54) is 0 Å². The Morgan fingerprint density at radius 2 is 1.75 bits per heavy atom. The third-order valence-corrected chi connectivity index (χ3v) is 4.65. The summed E-state index contributed by atoms with van der Waals surface area (Å²) in [6, 6.07) is 19.6. The van der Waals surface area contributed by atoms with Crippen LogP contribution >= 0.6 is 11.6 Å². The van der Waals surface area contributed by atoms with Gasteiger partial charge in [-0.2, -0.15) is 0 Å². The third kappa shape index (κ3) is 2.59. The van der Waals surface area contributed by atoms with Crippen LogP contribution in [0.3, 0.4) is 0 Å². The lowest BCUT2D eigenvalue weighted by atomic mass is 10.00. The maximum atomic E-state index is 12.4. The van der Waals surface area contributed by atoms with Crippen molar-refractivity contribution in [2.75, 3.05) is 0 Å². The van der Waals surface area contributed by atoms with Crippen LogP contribution in [-0.2, 0) is 6.42 Å². The fourth-order valence-electron chi connectivity index (χ4n) is 3.06. The van der Waals surface area contributed by atoms with Crippen LogP contribution in [0.25, 0.3) is 21.7 Å². The average molecular weight is 335 g/mol. The van der Waals surface area contributed by atoms with E-state index in [9.17, 15) is 4.79 Å². The highest BCUT2D eigenvalue weighted by Gasteiger charge is 2.09. The SMILES string of the molecule is Cc1ccc2oc(=O)c3cc(Cc4ccccc4Cl)ccc3c2c1. The molecule has 0 radical (unpaired) electrons. The Labute approximate surface area is 144 Å². The van der Waals surface area contributed by atoms with Gasteiger partial charge in [0.2, 0.25) is 0 Å². The van der Waals surface area contributed by atoms with E-state index in [4.69, 9.17) is 16.0 Å². The summed E-state index contributed by atoms with van der Waals surface area (Å²) in [5.74, 6) is 0. The van der Waals surface area contributed by atoms with E-state index in [1.54, 1.807) is 0 Å². The molecule has 3 heteroatoms. The van der Waals surface area contributed by atoms with Crippen molar-refractivity contribution in [3.63, 3.8) is 0 Å². The highest BCUT2D eigenvalue weighted by molar-refractivity contribution is 6.31. The van der Waals surface area contributed by atoms with Crippen LogP contribution in [0.15, 0.2) is 69.9 Å². The summed E-state index contributed by atoms with van der Waals surface area (Å²) in [6.07, 6.45) is 0.681. The summed E-state index contributed by atoms with van der Waals surface area (Å²) in [5, 5.41) is 3.23. The van der Waals surface area contributed by atoms with Crippen LogP contribution in [0.4, 0.5) is 0 Å². The van der Waals surface area contributed by atoms with Crippen LogP contribution < -0.4 is 5.63 Å². The Balaban J connectivity index is 1.89. The van der Waals surface area contributed by atoms with Gasteiger partial charge in [0.15, 0.2) is 0 Å². The average Bonchev–Trinajstić information content (AvgIpc) is 2.58. The molecule has 0 amide bonds. The molecule has 1 aromatic heterocycles. The van der Waals surface area contributed by atoms with Crippen LogP contribution in [0.5, 0.6) is 0 Å². The zero-order chi connectivity index (χ0) is 16.7. The molecule has 0 saturated carbocycles. The quantitative estimate of drug-likeness (QED) is 0.358. The van der Waals surface area contributed by atoms with E-state index in [1.807, 2.05) is 67.6 Å². The zero-order valence-corrected chi connectivity index (χ0v) is 13.9. The monoisotopic (exact) mass is 334 g/mol. The fraction of sp³-hybridized carbons (Fsp3) is 0.0952. The van der Waals surface area contributed by atoms with Gasteiger partial charge in [-0.1, -0.05) is 53.6 Å². The van der Waals surface area contributed by atoms with E-state index in [0.29, 0.717) is 17.4 Å². The van der Waals surface area contributed by atoms with Gasteiger partial charge in [-0.05, 0) is 54.1 Å². The van der Waals surface area contributed by atoms with Crippen molar-refractivity contribution in [2.24, 2.45) is 0 Å². The van der Waals surface area contributed by atoms with Gasteiger partial charge < -0.3 is 4.42 Å². The third-order valence-electron chi connectivity index (χ3n) is 4.28. The molecule has 1 heterocycles. The molecule has 4 rings (SSSR count). The molecule has 0 N–H and O–H groups in total. The van der Waals surface area contributed by atoms with Gasteiger partial charge in [0.05, 0.1) is 5.39 Å². The van der Waals surface area contributed by atoms with Crippen molar-refractivity contribution in [1.29, 1.82) is 0 Å². The van der Waals surface area contributed by atoms with E-state index < -0.39 is 0 Å². The lowest BCUT2D eigenvalue weighted by Crippen LogP contribution is -2.01. The summed E-state index contributed by atoms with van der Waals surface area (Å²) < 4.78 is 5.48. The number of rotatable bonds is 2. The highest BCUT2D eigenvalue weighted by atomic mass is 35.5. The molecule has 0 aliphatic rings. The number of aryl methyl sites for hydroxylation is 1. The van der Waals surface area contributed by atoms with Crippen molar-refractivity contribution < 1.29 is 4.42 Å². The van der Waals surface area contributed by atoms with Crippen molar-refractivity contribution in [1.82, 2.24) is 0 Å². The van der Waals surface area contributed by atoms with Crippen molar-refractivity contribution >= 4 is 33.3 Å². The summed E-state index contributed by atoms with van der Waals surface area (Å²) in [7, 11) is 0. The van der Waals surface area contributed by atoms with Crippen LogP contribution in [0.2, 0.25) is 5.02 Å². The van der Waals surface area contributed by atoms with Gasteiger partial charge in [0.25, 0.3) is 0 Å². The van der Waals surface area contributed by atoms with Gasteiger partial charge in [-0.3, -0.25) is 0 Å². The zero-order valence-electron chi connectivity index (χ0n) is 13.2. The lowest BCUT2D eigenvalue weighted by molar-refractivity contribution is 0.569. The molecule has 0 spiro atoms. The molecule has 3 aromatic carbocycles. The molecule has 118 valence electrons. The molecule has 0 aliphatic heterocycles. The number of fused-ring (bicyclic) bond motifs is 3. The molecular weight excluding hydrogens is 320 g/mol. The van der Waals surface area contributed by atoms with Crippen LogP contribution in [-0.4, -0.2) is 0 Å². The first-order chi connectivity index (χ1) is 11.6. The Bertz CT molecular complexity index is 1130. The molecule has 0 atom stereocenters. The minimum Gasteiger partial charge on any atom is -0.422 e. The van der Waals surface area contributed by atoms with Crippen molar-refractivity contribution in [2.45, 2.75) is 13.3 Å². The number of hydrogen-bond donors (Lipinski definition) is 0. The Hall–Kier alpha value is -2.58. The van der Waals surface area contributed by atoms with Crippen molar-refractivity contribution in [3.05, 3.63) is 92.8 Å². The Morgan fingerprint density at radius 3 is 2.58 bits per heavy atom. The smallest absolute Gasteiger partial charge is 0.344 e. The van der Waals surface area contributed by atoms with Gasteiger partial charge >= 0.3 is 5.63 Å². The first-order valence-corrected chi connectivity index (χ1v) is 8.19. The minimum absolute atomic E-state index is 0.303. The van der Waals surface area contributed by atoms with E-state index >= 15 is 0 Å². The maximum Gasteiger partial charge on any atom is 0.344 e. The summed E-state index contributed by atoms with van der Waals surface area (Å²) in [6.45, 7) is 2.03. The standard InChI is InChI=1S/C21H15ClO2/c1-13-6-9-20-17(10-13)16-8-7-14(12-18(16)21(23)24-20)11-15-4-2-3-5-19(15)22/h2-10,12H,11H2,1H3. The first kappa shape index (κ1) is 15.0. The topological polar surface area (TPSA) is 30.2 Å². The lowest BCUT2D eigenvalue weighted by Gasteiger charge is -2.07. The van der Waals surface area contributed by atoms with Crippen molar-refractivity contribution in [3.8, 4) is 0 Å². The maximum absolute atomic E-state index is 12.4. The predicted octanol–water partition coefficient (Wildman–Crippen LogP) is 5.50. The van der Waals surface area contributed by atoms with E-state index in [-0.39, 0.29) is 5.63 Å². The molecule has 0 bridgehead atoms.